The maximum absolute atomic E-state index is 12.8. The maximum atomic E-state index is 12.8. The molecule has 8 nitrogen and oxygen atoms in total. The first-order chi connectivity index (χ1) is 15.7. The van der Waals surface area contributed by atoms with Gasteiger partial charge in [-0.15, -0.1) is 0 Å². The van der Waals surface area contributed by atoms with E-state index in [2.05, 4.69) is 46.7 Å². The number of carbonyl (C=O) groups excluding carboxylic acids is 2. The molecule has 3 N–H and O–H groups in total. The molecule has 0 aliphatic heterocycles. The van der Waals surface area contributed by atoms with E-state index in [4.69, 9.17) is 4.74 Å². The molecule has 33 heavy (non-hydrogen) atoms. The van der Waals surface area contributed by atoms with Crippen LogP contribution in [0.3, 0.4) is 0 Å². The van der Waals surface area contributed by atoms with E-state index in [1.165, 1.54) is 13.3 Å². The molecule has 3 aromatic rings. The first kappa shape index (κ1) is 23.7. The van der Waals surface area contributed by atoms with Crippen molar-refractivity contribution in [3.05, 3.63) is 71.5 Å². The number of hydrogen-bond acceptors (Lipinski definition) is 6. The van der Waals surface area contributed by atoms with Crippen LogP contribution in [-0.2, 0) is 16.8 Å². The monoisotopic (exact) mass is 447 g/mol. The molecule has 0 bridgehead atoms. The molecule has 0 unspecified atom stereocenters. The van der Waals surface area contributed by atoms with Gasteiger partial charge in [0.2, 0.25) is 5.91 Å². The Kier molecular flexibility index (Phi) is 7.27. The highest BCUT2D eigenvalue weighted by Crippen LogP contribution is 2.31. The van der Waals surface area contributed by atoms with Crippen molar-refractivity contribution in [1.29, 1.82) is 0 Å². The lowest BCUT2D eigenvalue weighted by Gasteiger charge is -2.21. The Morgan fingerprint density at radius 3 is 2.27 bits per heavy atom. The summed E-state index contributed by atoms with van der Waals surface area (Å²) in [6, 6.07) is 14.8. The van der Waals surface area contributed by atoms with Crippen LogP contribution >= 0.6 is 0 Å². The molecule has 0 radical (unpaired) electrons. The van der Waals surface area contributed by atoms with Gasteiger partial charge < -0.3 is 20.7 Å². The molecule has 2 amide bonds. The third kappa shape index (κ3) is 6.52. The van der Waals surface area contributed by atoms with Gasteiger partial charge >= 0.3 is 0 Å². The number of methoxy groups -OCH3 is 1. The second-order valence-electron chi connectivity index (χ2n) is 8.64. The quantitative estimate of drug-likeness (QED) is 0.489. The number of rotatable bonds is 7. The summed E-state index contributed by atoms with van der Waals surface area (Å²) in [6.07, 6.45) is 1.38. The van der Waals surface area contributed by atoms with E-state index in [-0.39, 0.29) is 17.2 Å². The van der Waals surface area contributed by atoms with E-state index < -0.39 is 0 Å². The zero-order chi connectivity index (χ0) is 24.0. The second-order valence-corrected chi connectivity index (χ2v) is 8.64. The van der Waals surface area contributed by atoms with E-state index in [1.54, 1.807) is 25.3 Å². The molecular weight excluding hydrogens is 418 g/mol. The molecule has 172 valence electrons. The van der Waals surface area contributed by atoms with Gasteiger partial charge in [-0.1, -0.05) is 39.0 Å². The van der Waals surface area contributed by atoms with Crippen LogP contribution in [0, 0.1) is 0 Å². The number of hydrogen-bond donors (Lipinski definition) is 3. The highest BCUT2D eigenvalue weighted by molar-refractivity contribution is 6.05. The molecule has 1 aromatic heterocycles. The van der Waals surface area contributed by atoms with Crippen molar-refractivity contribution in [2.75, 3.05) is 23.1 Å². The van der Waals surface area contributed by atoms with Crippen LogP contribution in [0.2, 0.25) is 0 Å². The van der Waals surface area contributed by atoms with Crippen molar-refractivity contribution in [2.45, 2.75) is 39.7 Å². The first-order valence-corrected chi connectivity index (χ1v) is 10.6. The number of benzene rings is 2. The number of ether oxygens (including phenoxy) is 1. The highest BCUT2D eigenvalue weighted by atomic mass is 16.5. The van der Waals surface area contributed by atoms with Gasteiger partial charge in [0.1, 0.15) is 23.7 Å². The Morgan fingerprint density at radius 1 is 0.939 bits per heavy atom. The Morgan fingerprint density at radius 2 is 1.64 bits per heavy atom. The fourth-order valence-corrected chi connectivity index (χ4v) is 3.14. The number of nitrogens with one attached hydrogen (secondary N) is 3. The molecule has 0 fully saturated rings. The van der Waals surface area contributed by atoms with Crippen molar-refractivity contribution in [1.82, 2.24) is 9.97 Å². The minimum Gasteiger partial charge on any atom is -0.495 e. The van der Waals surface area contributed by atoms with Gasteiger partial charge in [-0.25, -0.2) is 9.97 Å². The molecule has 2 aromatic carbocycles. The van der Waals surface area contributed by atoms with Crippen LogP contribution in [0.4, 0.5) is 17.3 Å². The van der Waals surface area contributed by atoms with Gasteiger partial charge in [-0.05, 0) is 40.8 Å². The second kappa shape index (κ2) is 10.1. The lowest BCUT2D eigenvalue weighted by Crippen LogP contribution is -2.15. The summed E-state index contributed by atoms with van der Waals surface area (Å²) in [4.78, 5) is 32.1. The average molecular weight is 448 g/mol. The largest absolute Gasteiger partial charge is 0.495 e. The van der Waals surface area contributed by atoms with E-state index in [9.17, 15) is 9.59 Å². The lowest BCUT2D eigenvalue weighted by molar-refractivity contribution is -0.114. The van der Waals surface area contributed by atoms with Crippen molar-refractivity contribution in [2.24, 2.45) is 0 Å². The summed E-state index contributed by atoms with van der Waals surface area (Å²) in [5.41, 5.74) is 3.20. The molecule has 0 spiro atoms. The Hall–Kier alpha value is -3.94. The Labute approximate surface area is 193 Å². The fourth-order valence-electron chi connectivity index (χ4n) is 3.14. The van der Waals surface area contributed by atoms with Crippen LogP contribution in [0.1, 0.15) is 49.2 Å². The zero-order valence-electron chi connectivity index (χ0n) is 19.5. The van der Waals surface area contributed by atoms with Crippen LogP contribution in [0.5, 0.6) is 5.75 Å². The van der Waals surface area contributed by atoms with E-state index in [1.807, 2.05) is 30.3 Å². The summed E-state index contributed by atoms with van der Waals surface area (Å²) in [7, 11) is 1.58. The molecule has 0 aliphatic rings. The minimum atomic E-state index is -0.213. The van der Waals surface area contributed by atoms with Gasteiger partial charge in [-0.2, -0.15) is 0 Å². The van der Waals surface area contributed by atoms with E-state index in [0.29, 0.717) is 35.2 Å². The molecule has 0 saturated heterocycles. The van der Waals surface area contributed by atoms with Gasteiger partial charge in [0, 0.05) is 25.1 Å². The third-order valence-electron chi connectivity index (χ3n) is 4.97. The molecule has 1 heterocycles. The summed E-state index contributed by atoms with van der Waals surface area (Å²) < 4.78 is 5.42. The fraction of sp³-hybridized carbons (Fsp3) is 0.280. The summed E-state index contributed by atoms with van der Waals surface area (Å²) >= 11 is 0. The number of amides is 2. The van der Waals surface area contributed by atoms with Crippen molar-refractivity contribution < 1.29 is 14.3 Å². The smallest absolute Gasteiger partial charge is 0.255 e. The van der Waals surface area contributed by atoms with Crippen molar-refractivity contribution in [3.63, 3.8) is 0 Å². The van der Waals surface area contributed by atoms with Crippen LogP contribution in [0.25, 0.3) is 0 Å². The third-order valence-corrected chi connectivity index (χ3v) is 4.97. The topological polar surface area (TPSA) is 105 Å². The minimum absolute atomic E-state index is 0.0486. The molecule has 8 heteroatoms. The molecular formula is C25H29N5O3. The standard InChI is InChI=1S/C25H29N5O3/c1-16(31)29-23-13-22(27-15-28-23)26-14-17-6-8-18(9-7-17)24(32)30-20-12-19(25(2,3)4)10-11-21(20)33-5/h6-13,15H,14H2,1-5H3,(H,30,32)(H2,26,27,28,29,31). The van der Waals surface area contributed by atoms with Gasteiger partial charge in [0.15, 0.2) is 0 Å². The van der Waals surface area contributed by atoms with Crippen LogP contribution in [0.15, 0.2) is 54.9 Å². The maximum Gasteiger partial charge on any atom is 0.255 e. The van der Waals surface area contributed by atoms with E-state index in [0.717, 1.165) is 11.1 Å². The van der Waals surface area contributed by atoms with E-state index >= 15 is 0 Å². The summed E-state index contributed by atoms with van der Waals surface area (Å²) in [5, 5.41) is 8.76. The summed E-state index contributed by atoms with van der Waals surface area (Å²) in [6.45, 7) is 8.28. The number of anilines is 3. The zero-order valence-corrected chi connectivity index (χ0v) is 19.5. The predicted molar refractivity (Wildman–Crippen MR) is 130 cm³/mol. The number of nitrogens with zero attached hydrogens (tertiary/aromatic N) is 2. The number of carbonyl (C=O) groups is 2. The van der Waals surface area contributed by atoms with Crippen molar-refractivity contribution >= 4 is 29.1 Å². The lowest BCUT2D eigenvalue weighted by atomic mass is 9.87. The molecule has 0 saturated carbocycles. The predicted octanol–water partition coefficient (Wildman–Crippen LogP) is 4.61. The molecule has 0 aliphatic carbocycles. The molecule has 0 atom stereocenters. The van der Waals surface area contributed by atoms with Crippen LogP contribution in [-0.4, -0.2) is 28.9 Å². The average Bonchev–Trinajstić information content (AvgIpc) is 2.77. The SMILES string of the molecule is COc1ccc(C(C)(C)C)cc1NC(=O)c1ccc(CNc2cc(NC(C)=O)ncn2)cc1. The first-order valence-electron chi connectivity index (χ1n) is 10.6. The van der Waals surface area contributed by atoms with Crippen molar-refractivity contribution in [3.8, 4) is 5.75 Å². The van der Waals surface area contributed by atoms with Crippen LogP contribution < -0.4 is 20.7 Å². The molecule has 3 rings (SSSR count). The Bertz CT molecular complexity index is 1140. The van der Waals surface area contributed by atoms with Gasteiger partial charge in [-0.3, -0.25) is 9.59 Å². The normalized spacial score (nSPS) is 10.9. The van der Waals surface area contributed by atoms with Gasteiger partial charge in [0.25, 0.3) is 5.91 Å². The van der Waals surface area contributed by atoms with Gasteiger partial charge in [0.05, 0.1) is 12.8 Å². The summed E-state index contributed by atoms with van der Waals surface area (Å²) in [5.74, 6) is 1.21. The highest BCUT2D eigenvalue weighted by Gasteiger charge is 2.17. The number of aromatic nitrogens is 2. The Balaban J connectivity index is 1.66.